The van der Waals surface area contributed by atoms with Crippen LogP contribution in [0.3, 0.4) is 0 Å². The second-order valence-electron chi connectivity index (χ2n) is 4.05. The first-order chi connectivity index (χ1) is 7.97. The Kier molecular flexibility index (Phi) is 3.09. The molecule has 1 aliphatic rings. The molecule has 0 amide bonds. The number of benzene rings is 1. The van der Waals surface area contributed by atoms with E-state index in [0.717, 1.165) is 25.0 Å². The number of carbonyl (C=O) groups excluding carboxylic acids is 1. The lowest BCUT2D eigenvalue weighted by Crippen LogP contribution is -2.13. The number of halogens is 3. The normalized spacial score (nSPS) is 15.7. The van der Waals surface area contributed by atoms with Gasteiger partial charge in [-0.15, -0.1) is 0 Å². The maximum absolute atomic E-state index is 12.4. The highest BCUT2D eigenvalue weighted by Crippen LogP contribution is 2.32. The largest absolute Gasteiger partial charge is 0.486 e. The van der Waals surface area contributed by atoms with E-state index in [9.17, 15) is 18.0 Å². The van der Waals surface area contributed by atoms with Gasteiger partial charge in [0.15, 0.2) is 5.78 Å². The lowest BCUT2D eigenvalue weighted by atomic mass is 10.2. The van der Waals surface area contributed by atoms with Crippen molar-refractivity contribution in [3.8, 4) is 5.75 Å². The van der Waals surface area contributed by atoms with Crippen molar-refractivity contribution in [1.29, 1.82) is 0 Å². The summed E-state index contributed by atoms with van der Waals surface area (Å²) in [6.45, 7) is -0.147. The summed E-state index contributed by atoms with van der Waals surface area (Å²) in [6, 6.07) is 4.55. The summed E-state index contributed by atoms with van der Waals surface area (Å²) in [5.41, 5.74) is -0.770. The molecule has 0 unspecified atom stereocenters. The smallest absolute Gasteiger partial charge is 0.416 e. The van der Waals surface area contributed by atoms with Crippen LogP contribution in [-0.2, 0) is 11.0 Å². The van der Waals surface area contributed by atoms with E-state index in [1.807, 2.05) is 0 Å². The van der Waals surface area contributed by atoms with Crippen molar-refractivity contribution in [3.63, 3.8) is 0 Å². The van der Waals surface area contributed by atoms with Gasteiger partial charge < -0.3 is 4.74 Å². The Balaban J connectivity index is 1.98. The first kappa shape index (κ1) is 12.0. The quantitative estimate of drug-likeness (QED) is 0.813. The highest BCUT2D eigenvalue weighted by atomic mass is 19.4. The number of hydrogen-bond acceptors (Lipinski definition) is 2. The average Bonchev–Trinajstić information content (AvgIpc) is 3.09. The Bertz CT molecular complexity index is 422. The zero-order valence-electron chi connectivity index (χ0n) is 8.96. The third kappa shape index (κ3) is 3.22. The van der Waals surface area contributed by atoms with Crippen LogP contribution in [-0.4, -0.2) is 12.4 Å². The van der Waals surface area contributed by atoms with Crippen LogP contribution in [0, 0.1) is 5.92 Å². The molecule has 1 saturated carbocycles. The Hall–Kier alpha value is -1.52. The van der Waals surface area contributed by atoms with E-state index in [-0.39, 0.29) is 24.1 Å². The van der Waals surface area contributed by atoms with Gasteiger partial charge in [0.1, 0.15) is 12.4 Å². The van der Waals surface area contributed by atoms with Gasteiger partial charge in [0.05, 0.1) is 5.56 Å². The van der Waals surface area contributed by atoms with E-state index in [1.54, 1.807) is 0 Å². The minimum absolute atomic E-state index is 0.0394. The first-order valence-electron chi connectivity index (χ1n) is 5.29. The van der Waals surface area contributed by atoms with Gasteiger partial charge in [0, 0.05) is 5.92 Å². The second-order valence-corrected chi connectivity index (χ2v) is 4.05. The molecule has 0 radical (unpaired) electrons. The minimum Gasteiger partial charge on any atom is -0.486 e. The Morgan fingerprint density at radius 1 is 1.35 bits per heavy atom. The molecule has 1 aromatic rings. The summed E-state index contributed by atoms with van der Waals surface area (Å²) in [5, 5.41) is 0. The number of rotatable bonds is 4. The minimum atomic E-state index is -4.39. The van der Waals surface area contributed by atoms with Crippen molar-refractivity contribution in [2.45, 2.75) is 19.0 Å². The van der Waals surface area contributed by atoms with Crippen LogP contribution in [0.25, 0.3) is 0 Å². The van der Waals surface area contributed by atoms with Crippen LogP contribution in [0.1, 0.15) is 18.4 Å². The summed E-state index contributed by atoms with van der Waals surface area (Å²) in [5.74, 6) is 0.0945. The Labute approximate surface area is 96.4 Å². The maximum atomic E-state index is 12.4. The zero-order chi connectivity index (χ0) is 12.5. The Morgan fingerprint density at radius 2 is 2.06 bits per heavy atom. The van der Waals surface area contributed by atoms with Gasteiger partial charge in [0.2, 0.25) is 0 Å². The Morgan fingerprint density at radius 3 is 2.65 bits per heavy atom. The highest BCUT2D eigenvalue weighted by molar-refractivity contribution is 5.84. The fourth-order valence-electron chi connectivity index (χ4n) is 1.44. The predicted octanol–water partition coefficient (Wildman–Crippen LogP) is 3.06. The van der Waals surface area contributed by atoms with Crippen LogP contribution in [0.2, 0.25) is 0 Å². The van der Waals surface area contributed by atoms with E-state index in [1.165, 1.54) is 12.1 Å². The molecule has 0 saturated heterocycles. The molecule has 0 aromatic heterocycles. The monoisotopic (exact) mass is 244 g/mol. The first-order valence-corrected chi connectivity index (χ1v) is 5.29. The van der Waals surface area contributed by atoms with Gasteiger partial charge in [0.25, 0.3) is 0 Å². The standard InChI is InChI=1S/C12H11F3O2/c13-12(14,15)9-2-1-3-10(6-9)17-7-11(16)8-4-5-8/h1-3,6,8H,4-5,7H2. The molecule has 5 heteroatoms. The molecular weight excluding hydrogens is 233 g/mol. The van der Waals surface area contributed by atoms with E-state index >= 15 is 0 Å². The van der Waals surface area contributed by atoms with Crippen LogP contribution in [0.4, 0.5) is 13.2 Å². The van der Waals surface area contributed by atoms with Gasteiger partial charge in [-0.05, 0) is 31.0 Å². The molecule has 0 heterocycles. The van der Waals surface area contributed by atoms with Crippen LogP contribution >= 0.6 is 0 Å². The predicted molar refractivity (Wildman–Crippen MR) is 54.7 cm³/mol. The fraction of sp³-hybridized carbons (Fsp3) is 0.417. The molecule has 0 aliphatic heterocycles. The topological polar surface area (TPSA) is 26.3 Å². The molecule has 1 aromatic carbocycles. The molecule has 0 atom stereocenters. The summed E-state index contributed by atoms with van der Waals surface area (Å²) in [6.07, 6.45) is -2.66. The number of ketones is 1. The van der Waals surface area contributed by atoms with Gasteiger partial charge in [-0.2, -0.15) is 13.2 Å². The maximum Gasteiger partial charge on any atom is 0.416 e. The van der Waals surface area contributed by atoms with Gasteiger partial charge >= 0.3 is 6.18 Å². The number of Topliss-reactive ketones (excluding diaryl/α,β-unsaturated/α-hetero) is 1. The molecule has 0 spiro atoms. The SMILES string of the molecule is O=C(COc1cccc(C(F)(F)F)c1)C1CC1. The van der Waals surface area contributed by atoms with Crippen molar-refractivity contribution in [2.75, 3.05) is 6.61 Å². The summed E-state index contributed by atoms with van der Waals surface area (Å²) < 4.78 is 42.2. The van der Waals surface area contributed by atoms with E-state index < -0.39 is 11.7 Å². The van der Waals surface area contributed by atoms with Crippen LogP contribution in [0.5, 0.6) is 5.75 Å². The van der Waals surface area contributed by atoms with Crippen LogP contribution < -0.4 is 4.74 Å². The molecule has 0 bridgehead atoms. The number of hydrogen-bond donors (Lipinski definition) is 0. The van der Waals surface area contributed by atoms with Crippen LogP contribution in [0.15, 0.2) is 24.3 Å². The number of alkyl halides is 3. The molecule has 2 rings (SSSR count). The van der Waals surface area contributed by atoms with Gasteiger partial charge in [-0.25, -0.2) is 0 Å². The third-order valence-electron chi connectivity index (χ3n) is 2.58. The second kappa shape index (κ2) is 4.39. The molecule has 2 nitrogen and oxygen atoms in total. The highest BCUT2D eigenvalue weighted by Gasteiger charge is 2.31. The summed E-state index contributed by atoms with van der Waals surface area (Å²) >= 11 is 0. The van der Waals surface area contributed by atoms with Crippen molar-refractivity contribution >= 4 is 5.78 Å². The van der Waals surface area contributed by atoms with E-state index in [0.29, 0.717) is 0 Å². The summed E-state index contributed by atoms with van der Waals surface area (Å²) in [4.78, 5) is 11.3. The number of carbonyl (C=O) groups is 1. The summed E-state index contributed by atoms with van der Waals surface area (Å²) in [7, 11) is 0. The average molecular weight is 244 g/mol. The molecule has 17 heavy (non-hydrogen) atoms. The van der Waals surface area contributed by atoms with Gasteiger partial charge in [-0.1, -0.05) is 6.07 Å². The van der Waals surface area contributed by atoms with Crippen molar-refractivity contribution < 1.29 is 22.7 Å². The lowest BCUT2D eigenvalue weighted by Gasteiger charge is -2.09. The number of ether oxygens (including phenoxy) is 1. The van der Waals surface area contributed by atoms with Crippen molar-refractivity contribution in [3.05, 3.63) is 29.8 Å². The van der Waals surface area contributed by atoms with Gasteiger partial charge in [-0.3, -0.25) is 4.79 Å². The molecule has 1 aliphatic carbocycles. The third-order valence-corrected chi connectivity index (χ3v) is 2.58. The molecule has 1 fully saturated rings. The van der Waals surface area contributed by atoms with Crippen molar-refractivity contribution in [1.82, 2.24) is 0 Å². The molecular formula is C12H11F3O2. The molecule has 0 N–H and O–H groups in total. The fourth-order valence-corrected chi connectivity index (χ4v) is 1.44. The lowest BCUT2D eigenvalue weighted by molar-refractivity contribution is -0.137. The zero-order valence-corrected chi connectivity index (χ0v) is 8.96. The molecule has 92 valence electrons. The van der Waals surface area contributed by atoms with E-state index in [2.05, 4.69) is 0 Å². The van der Waals surface area contributed by atoms with Crippen molar-refractivity contribution in [2.24, 2.45) is 5.92 Å². The van der Waals surface area contributed by atoms with E-state index in [4.69, 9.17) is 4.74 Å².